The molecule has 0 spiro atoms. The predicted molar refractivity (Wildman–Crippen MR) is 63.5 cm³/mol. The summed E-state index contributed by atoms with van der Waals surface area (Å²) in [4.78, 5) is 4.08. The number of aliphatic imine (C=N–C) groups is 1. The van der Waals surface area contributed by atoms with Crippen LogP contribution in [-0.4, -0.2) is 12.4 Å². The van der Waals surface area contributed by atoms with Crippen LogP contribution in [0.3, 0.4) is 0 Å². The van der Waals surface area contributed by atoms with Crippen LogP contribution in [-0.2, 0) is 16.3 Å². The molecule has 0 bridgehead atoms. The zero-order valence-corrected chi connectivity index (χ0v) is 10.1. The summed E-state index contributed by atoms with van der Waals surface area (Å²) in [6, 6.07) is 9.44. The molecule has 0 amide bonds. The maximum Gasteiger partial charge on any atom is 0.228 e. The lowest BCUT2D eigenvalue weighted by atomic mass is 10.1. The van der Waals surface area contributed by atoms with E-state index >= 15 is 0 Å². The molecule has 0 atom stereocenters. The van der Waals surface area contributed by atoms with Crippen LogP contribution >= 0.6 is 15.9 Å². The molecule has 0 saturated carbocycles. The summed E-state index contributed by atoms with van der Waals surface area (Å²) >= 11 is 2.92. The average Bonchev–Trinajstić information content (AvgIpc) is 2.47. The minimum absolute atomic E-state index is 0.000862. The van der Waals surface area contributed by atoms with Gasteiger partial charge in [0.1, 0.15) is 0 Å². The van der Waals surface area contributed by atoms with Crippen LogP contribution in [0.2, 0.25) is 0 Å². The second kappa shape index (κ2) is 3.90. The molecule has 1 aliphatic rings. The zero-order valence-electron chi connectivity index (χ0n) is 7.72. The lowest BCUT2D eigenvalue weighted by molar-refractivity contribution is 0.613. The fourth-order valence-corrected chi connectivity index (χ4v) is 2.99. The van der Waals surface area contributed by atoms with Gasteiger partial charge in [-0.3, -0.25) is 0 Å². The SMILES string of the molecule is O=S1(=O)C(Cc2ccccc2)=CN=C1Br. The molecule has 0 fully saturated rings. The number of allylic oxidation sites excluding steroid dienone is 1. The Kier molecular flexibility index (Phi) is 2.75. The first kappa shape index (κ1) is 10.6. The van der Waals surface area contributed by atoms with Gasteiger partial charge in [0, 0.05) is 12.6 Å². The third-order valence-electron chi connectivity index (χ3n) is 2.10. The van der Waals surface area contributed by atoms with Crippen molar-refractivity contribution in [3.63, 3.8) is 0 Å². The maximum absolute atomic E-state index is 11.7. The quantitative estimate of drug-likeness (QED) is 0.837. The van der Waals surface area contributed by atoms with Gasteiger partial charge in [0.05, 0.1) is 4.91 Å². The van der Waals surface area contributed by atoms with E-state index in [0.717, 1.165) is 5.56 Å². The van der Waals surface area contributed by atoms with E-state index in [1.54, 1.807) is 0 Å². The fraction of sp³-hybridized carbons (Fsp3) is 0.100. The normalized spacial score (nSPS) is 18.5. The molecule has 5 heteroatoms. The highest BCUT2D eigenvalue weighted by Gasteiger charge is 2.27. The van der Waals surface area contributed by atoms with Crippen LogP contribution in [0.25, 0.3) is 0 Å². The lowest BCUT2D eigenvalue weighted by Gasteiger charge is -2.01. The van der Waals surface area contributed by atoms with Crippen molar-refractivity contribution < 1.29 is 8.42 Å². The predicted octanol–water partition coefficient (Wildman–Crippen LogP) is 2.25. The van der Waals surface area contributed by atoms with Gasteiger partial charge in [-0.1, -0.05) is 30.3 Å². The molecule has 1 aromatic carbocycles. The van der Waals surface area contributed by atoms with E-state index in [0.29, 0.717) is 11.3 Å². The Morgan fingerprint density at radius 3 is 2.40 bits per heavy atom. The van der Waals surface area contributed by atoms with Crippen molar-refractivity contribution in [2.75, 3.05) is 0 Å². The van der Waals surface area contributed by atoms with Crippen LogP contribution in [0.15, 0.2) is 46.4 Å². The van der Waals surface area contributed by atoms with E-state index in [9.17, 15) is 8.42 Å². The van der Waals surface area contributed by atoms with E-state index in [1.165, 1.54) is 6.20 Å². The van der Waals surface area contributed by atoms with E-state index in [1.807, 2.05) is 30.3 Å². The van der Waals surface area contributed by atoms with Crippen molar-refractivity contribution in [3.8, 4) is 0 Å². The molecule has 3 nitrogen and oxygen atoms in total. The van der Waals surface area contributed by atoms with Crippen molar-refractivity contribution in [1.29, 1.82) is 0 Å². The molecule has 0 N–H and O–H groups in total. The molecule has 1 heterocycles. The Hall–Kier alpha value is -0.940. The van der Waals surface area contributed by atoms with Crippen molar-refractivity contribution in [1.82, 2.24) is 0 Å². The first-order valence-electron chi connectivity index (χ1n) is 4.32. The summed E-state index contributed by atoms with van der Waals surface area (Å²) in [5.74, 6) is 0. The second-order valence-electron chi connectivity index (χ2n) is 3.14. The zero-order chi connectivity index (χ0) is 10.9. The Morgan fingerprint density at radius 2 is 1.87 bits per heavy atom. The molecular weight excluding hydrogens is 278 g/mol. The van der Waals surface area contributed by atoms with Crippen LogP contribution in [0, 0.1) is 0 Å². The van der Waals surface area contributed by atoms with Crippen molar-refractivity contribution in [2.24, 2.45) is 4.99 Å². The number of rotatable bonds is 2. The topological polar surface area (TPSA) is 46.5 Å². The van der Waals surface area contributed by atoms with Crippen molar-refractivity contribution in [2.45, 2.75) is 6.42 Å². The summed E-state index contributed by atoms with van der Waals surface area (Å²) in [6.45, 7) is 0. The summed E-state index contributed by atoms with van der Waals surface area (Å²) in [6.07, 6.45) is 1.79. The van der Waals surface area contributed by atoms with E-state index in [4.69, 9.17) is 0 Å². The molecule has 15 heavy (non-hydrogen) atoms. The lowest BCUT2D eigenvalue weighted by Crippen LogP contribution is -2.08. The molecule has 0 aromatic heterocycles. The molecular formula is C10H8BrNO2S. The van der Waals surface area contributed by atoms with Crippen molar-refractivity contribution in [3.05, 3.63) is 47.0 Å². The fourth-order valence-electron chi connectivity index (χ4n) is 1.31. The average molecular weight is 286 g/mol. The van der Waals surface area contributed by atoms with Gasteiger partial charge in [0.15, 0.2) is 0 Å². The van der Waals surface area contributed by atoms with E-state index < -0.39 is 9.84 Å². The third kappa shape index (κ3) is 2.03. The Bertz CT molecular complexity index is 532. The highest BCUT2D eigenvalue weighted by molar-refractivity contribution is 9.21. The summed E-state index contributed by atoms with van der Waals surface area (Å²) in [5, 5.41) is 0. The van der Waals surface area contributed by atoms with Gasteiger partial charge in [-0.25, -0.2) is 13.4 Å². The summed E-state index contributed by atoms with van der Waals surface area (Å²) in [5.41, 5.74) is 0.963. The van der Waals surface area contributed by atoms with Gasteiger partial charge in [-0.15, -0.1) is 0 Å². The highest BCUT2D eigenvalue weighted by Crippen LogP contribution is 2.23. The van der Waals surface area contributed by atoms with Gasteiger partial charge in [-0.05, 0) is 21.5 Å². The van der Waals surface area contributed by atoms with Crippen LogP contribution in [0.4, 0.5) is 0 Å². The van der Waals surface area contributed by atoms with Gasteiger partial charge in [0.2, 0.25) is 13.8 Å². The Morgan fingerprint density at radius 1 is 1.20 bits per heavy atom. The first-order valence-corrected chi connectivity index (χ1v) is 6.59. The molecule has 0 radical (unpaired) electrons. The number of hydrogen-bond acceptors (Lipinski definition) is 3. The number of nitrogens with zero attached hydrogens (tertiary/aromatic N) is 1. The molecule has 78 valence electrons. The largest absolute Gasteiger partial charge is 0.236 e. The van der Waals surface area contributed by atoms with Crippen LogP contribution in [0.1, 0.15) is 5.56 Å². The van der Waals surface area contributed by atoms with Crippen molar-refractivity contribution >= 4 is 29.7 Å². The van der Waals surface area contributed by atoms with Crippen LogP contribution in [0.5, 0.6) is 0 Å². The molecule has 0 aliphatic carbocycles. The van der Waals surface area contributed by atoms with Crippen LogP contribution < -0.4 is 0 Å². The van der Waals surface area contributed by atoms with E-state index in [-0.39, 0.29) is 3.95 Å². The monoisotopic (exact) mass is 285 g/mol. The van der Waals surface area contributed by atoms with E-state index in [2.05, 4.69) is 20.9 Å². The molecule has 0 saturated heterocycles. The number of sulfone groups is 1. The second-order valence-corrected chi connectivity index (χ2v) is 6.34. The molecule has 1 aromatic rings. The molecule has 1 aliphatic heterocycles. The number of benzene rings is 1. The van der Waals surface area contributed by atoms with Gasteiger partial charge in [-0.2, -0.15) is 0 Å². The summed E-state index contributed by atoms with van der Waals surface area (Å²) in [7, 11) is -3.34. The van der Waals surface area contributed by atoms with Gasteiger partial charge < -0.3 is 0 Å². The number of halogens is 1. The Balaban J connectivity index is 2.25. The number of hydrogen-bond donors (Lipinski definition) is 0. The first-order chi connectivity index (χ1) is 7.10. The minimum atomic E-state index is -3.34. The summed E-state index contributed by atoms with van der Waals surface area (Å²) < 4.78 is 23.3. The maximum atomic E-state index is 11.7. The minimum Gasteiger partial charge on any atom is -0.236 e. The molecule has 0 unspecified atom stereocenters. The van der Waals surface area contributed by atoms with Gasteiger partial charge in [0.25, 0.3) is 0 Å². The standard InChI is InChI=1S/C10H8BrNO2S/c11-10-12-7-9(15(10,13)14)6-8-4-2-1-3-5-8/h1-5,7H,6H2. The highest BCUT2D eigenvalue weighted by atomic mass is 79.9. The smallest absolute Gasteiger partial charge is 0.228 e. The van der Waals surface area contributed by atoms with Gasteiger partial charge >= 0.3 is 0 Å². The third-order valence-corrected chi connectivity index (χ3v) is 5.07. The molecule has 2 rings (SSSR count). The Labute approximate surface area is 96.6 Å².